The van der Waals surface area contributed by atoms with E-state index < -0.39 is 0 Å². The summed E-state index contributed by atoms with van der Waals surface area (Å²) < 4.78 is 2.91. The van der Waals surface area contributed by atoms with Crippen molar-refractivity contribution >= 4 is 26.8 Å². The molecule has 2 heterocycles. The topological polar surface area (TPSA) is 63.0 Å². The Balaban J connectivity index is 1.88. The molecule has 2 aromatic heterocycles. The summed E-state index contributed by atoms with van der Waals surface area (Å²) in [7, 11) is 1.91. The van der Waals surface area contributed by atoms with Crippen molar-refractivity contribution in [2.75, 3.05) is 11.9 Å². The van der Waals surface area contributed by atoms with Crippen molar-refractivity contribution < 1.29 is 5.11 Å². The zero-order valence-electron chi connectivity index (χ0n) is 13.0. The van der Waals surface area contributed by atoms with Crippen LogP contribution in [0.25, 0.3) is 10.3 Å². The molecule has 5 nitrogen and oxygen atoms in total. The van der Waals surface area contributed by atoms with E-state index in [-0.39, 0.29) is 12.6 Å². The molecule has 1 unspecified atom stereocenters. The molecule has 0 radical (unpaired) electrons. The lowest BCUT2D eigenvalue weighted by molar-refractivity contribution is 0.280. The van der Waals surface area contributed by atoms with Crippen LogP contribution in [-0.4, -0.2) is 26.5 Å². The lowest BCUT2D eigenvalue weighted by atomic mass is 10.0. The molecule has 3 rings (SSSR count). The molecule has 0 spiro atoms. The van der Waals surface area contributed by atoms with Gasteiger partial charge < -0.3 is 10.4 Å². The molecule has 0 saturated heterocycles. The lowest BCUT2D eigenvalue weighted by Crippen LogP contribution is -2.12. The number of aromatic nitrogens is 3. The Morgan fingerprint density at radius 2 is 2.00 bits per heavy atom. The minimum absolute atomic E-state index is 0.0550. The molecule has 6 heteroatoms. The van der Waals surface area contributed by atoms with E-state index in [0.29, 0.717) is 6.42 Å². The van der Waals surface area contributed by atoms with Gasteiger partial charge in [0.1, 0.15) is 0 Å². The molecule has 0 amide bonds. The molecule has 0 saturated carbocycles. The molecule has 0 aliphatic heterocycles. The third-order valence-corrected chi connectivity index (χ3v) is 4.82. The zero-order valence-corrected chi connectivity index (χ0v) is 13.8. The highest BCUT2D eigenvalue weighted by Gasteiger charge is 2.16. The molecular formula is C16H20N4OS. The molecule has 0 fully saturated rings. The molecule has 3 aromatic rings. The van der Waals surface area contributed by atoms with Gasteiger partial charge in [0.15, 0.2) is 10.8 Å². The first-order valence-corrected chi connectivity index (χ1v) is 8.14. The average Bonchev–Trinajstić information content (AvgIpc) is 3.01. The summed E-state index contributed by atoms with van der Waals surface area (Å²) in [6.07, 6.45) is 0.649. The number of nitrogens with zero attached hydrogens (tertiary/aromatic N) is 3. The Morgan fingerprint density at radius 3 is 2.64 bits per heavy atom. The minimum atomic E-state index is 0.0550. The van der Waals surface area contributed by atoms with Gasteiger partial charge in [-0.25, -0.2) is 9.67 Å². The second kappa shape index (κ2) is 6.06. The van der Waals surface area contributed by atoms with Crippen molar-refractivity contribution in [3.63, 3.8) is 0 Å². The van der Waals surface area contributed by atoms with Gasteiger partial charge in [-0.3, -0.25) is 0 Å². The Morgan fingerprint density at radius 1 is 1.27 bits per heavy atom. The first kappa shape index (κ1) is 15.0. The van der Waals surface area contributed by atoms with Crippen LogP contribution in [0, 0.1) is 13.8 Å². The largest absolute Gasteiger partial charge is 0.396 e. The minimum Gasteiger partial charge on any atom is -0.396 e. The molecule has 116 valence electrons. The molecular weight excluding hydrogens is 296 g/mol. The molecule has 0 aliphatic rings. The molecule has 0 aliphatic carbocycles. The predicted octanol–water partition coefficient (Wildman–Crippen LogP) is 3.18. The van der Waals surface area contributed by atoms with E-state index in [9.17, 15) is 5.11 Å². The Labute approximate surface area is 133 Å². The number of anilines is 1. The lowest BCUT2D eigenvalue weighted by Gasteiger charge is -2.17. The fourth-order valence-corrected chi connectivity index (χ4v) is 3.53. The van der Waals surface area contributed by atoms with Crippen molar-refractivity contribution in [1.82, 2.24) is 14.8 Å². The normalized spacial score (nSPS) is 12.7. The summed E-state index contributed by atoms with van der Waals surface area (Å²) in [5, 5.41) is 18.0. The van der Waals surface area contributed by atoms with E-state index >= 15 is 0 Å². The van der Waals surface area contributed by atoms with Crippen LogP contribution in [0.15, 0.2) is 24.3 Å². The van der Waals surface area contributed by atoms with Gasteiger partial charge in [0.2, 0.25) is 0 Å². The monoisotopic (exact) mass is 316 g/mol. The summed E-state index contributed by atoms with van der Waals surface area (Å²) in [4.78, 5) is 4.62. The Hall–Kier alpha value is -1.92. The van der Waals surface area contributed by atoms with E-state index in [1.165, 1.54) is 5.56 Å². The van der Waals surface area contributed by atoms with Crippen LogP contribution in [0.3, 0.4) is 0 Å². The maximum atomic E-state index is 9.35. The summed E-state index contributed by atoms with van der Waals surface area (Å²) in [6.45, 7) is 4.20. The average molecular weight is 316 g/mol. The van der Waals surface area contributed by atoms with Gasteiger partial charge in [-0.05, 0) is 25.8 Å². The van der Waals surface area contributed by atoms with Crippen molar-refractivity contribution in [2.24, 2.45) is 7.05 Å². The number of rotatable bonds is 5. The number of benzene rings is 1. The quantitative estimate of drug-likeness (QED) is 0.759. The number of thiazole rings is 1. The van der Waals surface area contributed by atoms with Crippen LogP contribution in [-0.2, 0) is 7.05 Å². The number of aryl methyl sites for hydroxylation is 3. The van der Waals surface area contributed by atoms with Crippen molar-refractivity contribution in [2.45, 2.75) is 26.3 Å². The van der Waals surface area contributed by atoms with E-state index in [1.807, 2.05) is 14.0 Å². The smallest absolute Gasteiger partial charge is 0.185 e. The summed E-state index contributed by atoms with van der Waals surface area (Å²) in [6, 6.07) is 8.44. The molecule has 1 atom stereocenters. The third-order valence-electron chi connectivity index (χ3n) is 3.74. The number of hydrogen-bond acceptors (Lipinski definition) is 5. The van der Waals surface area contributed by atoms with E-state index in [4.69, 9.17) is 0 Å². The molecule has 2 N–H and O–H groups in total. The maximum absolute atomic E-state index is 9.35. The SMILES string of the molecule is Cc1ccc(C(CCO)Nc2nc3c(s2)c(C)nn3C)cc1. The second-order valence-corrected chi connectivity index (χ2v) is 6.50. The molecule has 22 heavy (non-hydrogen) atoms. The van der Waals surface area contributed by atoms with Crippen LogP contribution in [0.5, 0.6) is 0 Å². The number of aliphatic hydroxyl groups excluding tert-OH is 1. The highest BCUT2D eigenvalue weighted by Crippen LogP contribution is 2.31. The van der Waals surface area contributed by atoms with E-state index in [0.717, 1.165) is 26.7 Å². The highest BCUT2D eigenvalue weighted by atomic mass is 32.1. The maximum Gasteiger partial charge on any atom is 0.185 e. The number of nitrogens with one attached hydrogen (secondary N) is 1. The summed E-state index contributed by atoms with van der Waals surface area (Å²) >= 11 is 1.61. The third kappa shape index (κ3) is 2.84. The molecule has 0 bridgehead atoms. The van der Waals surface area contributed by atoms with E-state index in [1.54, 1.807) is 16.0 Å². The van der Waals surface area contributed by atoms with Gasteiger partial charge in [0.25, 0.3) is 0 Å². The van der Waals surface area contributed by atoms with Crippen LogP contribution >= 0.6 is 11.3 Å². The molecule has 1 aromatic carbocycles. The number of aliphatic hydroxyl groups is 1. The van der Waals surface area contributed by atoms with Gasteiger partial charge in [-0.1, -0.05) is 41.2 Å². The summed E-state index contributed by atoms with van der Waals surface area (Å²) in [5.74, 6) is 0. The van der Waals surface area contributed by atoms with Crippen LogP contribution in [0.1, 0.15) is 29.3 Å². The van der Waals surface area contributed by atoms with Gasteiger partial charge in [0, 0.05) is 13.7 Å². The van der Waals surface area contributed by atoms with Gasteiger partial charge in [-0.15, -0.1) is 0 Å². The van der Waals surface area contributed by atoms with Gasteiger partial charge >= 0.3 is 0 Å². The number of fused-ring (bicyclic) bond motifs is 1. The van der Waals surface area contributed by atoms with Crippen LogP contribution < -0.4 is 5.32 Å². The standard InChI is InChI=1S/C16H20N4OS/c1-10-4-6-12(7-5-10)13(8-9-21)17-16-18-15-14(22-16)11(2)19-20(15)3/h4-7,13,21H,8-9H2,1-3H3,(H,17,18). The second-order valence-electron chi connectivity index (χ2n) is 5.50. The summed E-state index contributed by atoms with van der Waals surface area (Å²) in [5.41, 5.74) is 4.29. The zero-order chi connectivity index (χ0) is 15.7. The van der Waals surface area contributed by atoms with Gasteiger partial charge in [0.05, 0.1) is 16.4 Å². The van der Waals surface area contributed by atoms with Crippen LogP contribution in [0.2, 0.25) is 0 Å². The first-order valence-electron chi connectivity index (χ1n) is 7.32. The Kier molecular flexibility index (Phi) is 4.13. The number of hydrogen-bond donors (Lipinski definition) is 2. The van der Waals surface area contributed by atoms with Crippen molar-refractivity contribution in [3.05, 3.63) is 41.1 Å². The van der Waals surface area contributed by atoms with Crippen LogP contribution in [0.4, 0.5) is 5.13 Å². The Bertz CT molecular complexity index is 741. The van der Waals surface area contributed by atoms with E-state index in [2.05, 4.69) is 46.6 Å². The first-order chi connectivity index (χ1) is 10.6. The van der Waals surface area contributed by atoms with Crippen molar-refractivity contribution in [3.8, 4) is 0 Å². The highest BCUT2D eigenvalue weighted by molar-refractivity contribution is 7.22. The fraction of sp³-hybridized carbons (Fsp3) is 0.375. The predicted molar refractivity (Wildman–Crippen MR) is 90.4 cm³/mol. The fourth-order valence-electron chi connectivity index (χ4n) is 2.55. The van der Waals surface area contributed by atoms with Gasteiger partial charge in [-0.2, -0.15) is 5.10 Å². The van der Waals surface area contributed by atoms with Crippen molar-refractivity contribution in [1.29, 1.82) is 0 Å².